The van der Waals surface area contributed by atoms with Crippen LogP contribution in [0.2, 0.25) is 0 Å². The van der Waals surface area contributed by atoms with Crippen LogP contribution in [0.5, 0.6) is 0 Å². The van der Waals surface area contributed by atoms with E-state index in [0.717, 1.165) is 5.56 Å². The molecule has 2 aliphatic rings. The zero-order chi connectivity index (χ0) is 13.6. The van der Waals surface area contributed by atoms with Crippen LogP contribution in [0.1, 0.15) is 23.6 Å². The van der Waals surface area contributed by atoms with Crippen molar-refractivity contribution in [2.45, 2.75) is 17.4 Å². The van der Waals surface area contributed by atoms with Gasteiger partial charge in [-0.05, 0) is 35.8 Å². The maximum atomic E-state index is 11.6. The second-order valence-electron chi connectivity index (χ2n) is 4.88. The van der Waals surface area contributed by atoms with Gasteiger partial charge in [-0.25, -0.2) is 8.42 Å². The van der Waals surface area contributed by atoms with Crippen molar-refractivity contribution in [1.82, 2.24) is 5.32 Å². The number of rotatable bonds is 2. The lowest BCUT2D eigenvalue weighted by Gasteiger charge is -2.11. The van der Waals surface area contributed by atoms with E-state index in [-0.39, 0.29) is 12.0 Å². The number of carboxylic acid groups (broad SMARTS) is 1. The summed E-state index contributed by atoms with van der Waals surface area (Å²) in [6, 6.07) is 5.14. The molecule has 2 N–H and O–H groups in total. The van der Waals surface area contributed by atoms with Crippen LogP contribution in [-0.4, -0.2) is 26.0 Å². The second kappa shape index (κ2) is 4.18. The zero-order valence-corrected chi connectivity index (χ0v) is 10.9. The molecule has 2 unspecified atom stereocenters. The van der Waals surface area contributed by atoms with Crippen LogP contribution in [0.25, 0.3) is 6.08 Å². The number of fused-ring (bicyclic) bond motifs is 1. The van der Waals surface area contributed by atoms with Gasteiger partial charge in [0.25, 0.3) is 0 Å². The summed E-state index contributed by atoms with van der Waals surface area (Å²) in [6.07, 6.45) is 2.11. The van der Waals surface area contributed by atoms with Gasteiger partial charge in [0.05, 0.1) is 10.8 Å². The monoisotopic (exact) mass is 279 g/mol. The lowest BCUT2D eigenvalue weighted by molar-refractivity contribution is -0.141. The smallest absolute Gasteiger partial charge is 0.307 e. The lowest BCUT2D eigenvalue weighted by atomic mass is 9.99. The molecule has 1 saturated heterocycles. The van der Waals surface area contributed by atoms with E-state index in [9.17, 15) is 13.2 Å². The van der Waals surface area contributed by atoms with Gasteiger partial charge >= 0.3 is 5.97 Å². The molecular weight excluding hydrogens is 266 g/mol. The molecule has 1 aromatic carbocycles. The van der Waals surface area contributed by atoms with Crippen molar-refractivity contribution in [3.05, 3.63) is 34.7 Å². The molecule has 2 atom stereocenters. The molecule has 1 aromatic rings. The Hall–Kier alpha value is -1.66. The summed E-state index contributed by atoms with van der Waals surface area (Å²) < 4.78 is 23.3. The number of hydrogen-bond acceptors (Lipinski definition) is 4. The normalized spacial score (nSPS) is 27.4. The number of sulfone groups is 1. The molecule has 6 heteroatoms. The van der Waals surface area contributed by atoms with Crippen LogP contribution < -0.4 is 5.32 Å². The molecule has 0 aliphatic carbocycles. The SMILES string of the molecule is O=C(O)C1CNC(c2ccc3c(c2)C=CS3(=O)=O)C1. The topological polar surface area (TPSA) is 83.5 Å². The standard InChI is InChI=1S/C13H13NO4S/c15-13(16)10-6-11(14-7-10)8-1-2-12-9(5-8)3-4-19(12,17)18/h1-5,10-11,14H,6-7H2,(H,15,16). The third-order valence-electron chi connectivity index (χ3n) is 3.65. The van der Waals surface area contributed by atoms with E-state index in [1.165, 1.54) is 5.41 Å². The van der Waals surface area contributed by atoms with E-state index >= 15 is 0 Å². The Morgan fingerprint density at radius 1 is 1.37 bits per heavy atom. The highest BCUT2D eigenvalue weighted by atomic mass is 32.2. The summed E-state index contributed by atoms with van der Waals surface area (Å²) in [5.74, 6) is -1.17. The predicted octanol–water partition coefficient (Wildman–Crippen LogP) is 1.18. The van der Waals surface area contributed by atoms with Crippen molar-refractivity contribution in [1.29, 1.82) is 0 Å². The Kier molecular flexibility index (Phi) is 2.72. The third kappa shape index (κ3) is 2.06. The van der Waals surface area contributed by atoms with Crippen LogP contribution in [-0.2, 0) is 14.6 Å². The van der Waals surface area contributed by atoms with E-state index in [4.69, 9.17) is 5.11 Å². The fraction of sp³-hybridized carbons (Fsp3) is 0.308. The Morgan fingerprint density at radius 2 is 2.16 bits per heavy atom. The minimum Gasteiger partial charge on any atom is -0.481 e. The molecule has 2 heterocycles. The Bertz CT molecular complexity index is 678. The maximum absolute atomic E-state index is 11.6. The summed E-state index contributed by atoms with van der Waals surface area (Å²) in [7, 11) is -3.27. The van der Waals surface area contributed by atoms with E-state index in [1.807, 2.05) is 6.07 Å². The molecule has 1 fully saturated rings. The predicted molar refractivity (Wildman–Crippen MR) is 69.1 cm³/mol. The average Bonchev–Trinajstić information content (AvgIpc) is 2.95. The van der Waals surface area contributed by atoms with Gasteiger partial charge in [-0.3, -0.25) is 4.79 Å². The summed E-state index contributed by atoms with van der Waals surface area (Å²) in [4.78, 5) is 11.2. The van der Waals surface area contributed by atoms with Crippen LogP contribution in [0, 0.1) is 5.92 Å². The van der Waals surface area contributed by atoms with Gasteiger partial charge in [0.2, 0.25) is 0 Å². The van der Waals surface area contributed by atoms with Gasteiger partial charge in [0.1, 0.15) is 0 Å². The van der Waals surface area contributed by atoms with Gasteiger partial charge < -0.3 is 10.4 Å². The van der Waals surface area contributed by atoms with Crippen LogP contribution in [0.4, 0.5) is 0 Å². The van der Waals surface area contributed by atoms with Crippen LogP contribution in [0.3, 0.4) is 0 Å². The van der Waals surface area contributed by atoms with Crippen molar-refractivity contribution in [2.24, 2.45) is 5.92 Å². The van der Waals surface area contributed by atoms with Crippen LogP contribution in [0.15, 0.2) is 28.5 Å². The average molecular weight is 279 g/mol. The summed E-state index contributed by atoms with van der Waals surface area (Å²) in [5, 5.41) is 13.3. The highest BCUT2D eigenvalue weighted by molar-refractivity contribution is 7.94. The van der Waals surface area contributed by atoms with E-state index in [0.29, 0.717) is 23.4 Å². The third-order valence-corrected chi connectivity index (χ3v) is 5.13. The number of nitrogens with one attached hydrogen (secondary N) is 1. The van der Waals surface area contributed by atoms with Gasteiger partial charge in [0.15, 0.2) is 9.84 Å². The quantitative estimate of drug-likeness (QED) is 0.849. The minimum atomic E-state index is -3.27. The summed E-state index contributed by atoms with van der Waals surface area (Å²) in [5.41, 5.74) is 1.61. The van der Waals surface area contributed by atoms with E-state index < -0.39 is 15.8 Å². The molecule has 2 aliphatic heterocycles. The van der Waals surface area contributed by atoms with Crippen molar-refractivity contribution in [3.63, 3.8) is 0 Å². The molecule has 0 aromatic heterocycles. The van der Waals surface area contributed by atoms with Crippen molar-refractivity contribution >= 4 is 21.9 Å². The molecule has 5 nitrogen and oxygen atoms in total. The fourth-order valence-electron chi connectivity index (χ4n) is 2.59. The number of carbonyl (C=O) groups is 1. The summed E-state index contributed by atoms with van der Waals surface area (Å²) in [6.45, 7) is 0.450. The zero-order valence-electron chi connectivity index (χ0n) is 10.0. The van der Waals surface area contributed by atoms with E-state index in [2.05, 4.69) is 5.32 Å². The summed E-state index contributed by atoms with van der Waals surface area (Å²) >= 11 is 0. The molecule has 19 heavy (non-hydrogen) atoms. The van der Waals surface area contributed by atoms with Crippen LogP contribution >= 0.6 is 0 Å². The first-order chi connectivity index (χ1) is 8.97. The largest absolute Gasteiger partial charge is 0.481 e. The minimum absolute atomic E-state index is 0.0249. The molecule has 0 spiro atoms. The fourth-order valence-corrected chi connectivity index (χ4v) is 3.77. The number of benzene rings is 1. The number of hydrogen-bond donors (Lipinski definition) is 2. The Balaban J connectivity index is 1.89. The van der Waals surface area contributed by atoms with Crippen molar-refractivity contribution in [2.75, 3.05) is 6.54 Å². The van der Waals surface area contributed by atoms with Gasteiger partial charge in [0, 0.05) is 18.0 Å². The van der Waals surface area contributed by atoms with Gasteiger partial charge in [-0.15, -0.1) is 0 Å². The van der Waals surface area contributed by atoms with Gasteiger partial charge in [-0.2, -0.15) is 0 Å². The van der Waals surface area contributed by atoms with Crippen molar-refractivity contribution in [3.8, 4) is 0 Å². The Morgan fingerprint density at radius 3 is 2.84 bits per heavy atom. The lowest BCUT2D eigenvalue weighted by Crippen LogP contribution is -2.17. The highest BCUT2D eigenvalue weighted by Crippen LogP contribution is 2.32. The Labute approximate surface area is 110 Å². The van der Waals surface area contributed by atoms with Crippen molar-refractivity contribution < 1.29 is 18.3 Å². The molecule has 0 radical (unpaired) electrons. The highest BCUT2D eigenvalue weighted by Gasteiger charge is 2.31. The molecule has 100 valence electrons. The second-order valence-corrected chi connectivity index (χ2v) is 6.68. The molecule has 0 bridgehead atoms. The number of aliphatic carboxylic acids is 1. The molecule has 0 saturated carbocycles. The maximum Gasteiger partial charge on any atom is 0.307 e. The molecule has 3 rings (SSSR count). The first-order valence-corrected chi connectivity index (χ1v) is 7.55. The first-order valence-electron chi connectivity index (χ1n) is 6.01. The number of carboxylic acids is 1. The molecule has 0 amide bonds. The van der Waals surface area contributed by atoms with E-state index in [1.54, 1.807) is 18.2 Å². The van der Waals surface area contributed by atoms with Gasteiger partial charge in [-0.1, -0.05) is 6.07 Å². The molecular formula is C13H13NO4S. The first kappa shape index (κ1) is 12.4.